The Balaban J connectivity index is 1.65. The average Bonchev–Trinajstić information content (AvgIpc) is 3.29. The highest BCUT2D eigenvalue weighted by molar-refractivity contribution is 7.99. The zero-order valence-electron chi connectivity index (χ0n) is 14.6. The minimum Gasteiger partial charge on any atom is -0.497 e. The third kappa shape index (κ3) is 4.00. The van der Waals surface area contributed by atoms with E-state index >= 15 is 0 Å². The van der Waals surface area contributed by atoms with Gasteiger partial charge in [-0.1, -0.05) is 17.8 Å². The Kier molecular flexibility index (Phi) is 5.79. The SMILES string of the molecule is COc1ccc(OC)c(NC(=O)CSc2nnc(-c3cccs3)n2C)c1. The number of anilines is 1. The van der Waals surface area contributed by atoms with Crippen LogP contribution in [0.4, 0.5) is 5.69 Å². The number of methoxy groups -OCH3 is 2. The maximum Gasteiger partial charge on any atom is 0.234 e. The summed E-state index contributed by atoms with van der Waals surface area (Å²) in [5.41, 5.74) is 0.565. The van der Waals surface area contributed by atoms with Gasteiger partial charge < -0.3 is 19.4 Å². The Hall–Kier alpha value is -2.52. The normalized spacial score (nSPS) is 10.6. The second-order valence-electron chi connectivity index (χ2n) is 5.25. The predicted molar refractivity (Wildman–Crippen MR) is 103 cm³/mol. The molecule has 26 heavy (non-hydrogen) atoms. The fourth-order valence-corrected chi connectivity index (χ4v) is 3.74. The van der Waals surface area contributed by atoms with Gasteiger partial charge in [0.15, 0.2) is 11.0 Å². The van der Waals surface area contributed by atoms with Gasteiger partial charge >= 0.3 is 0 Å². The molecule has 0 saturated carbocycles. The van der Waals surface area contributed by atoms with Crippen LogP contribution >= 0.6 is 23.1 Å². The molecule has 1 amide bonds. The average molecular weight is 390 g/mol. The highest BCUT2D eigenvalue weighted by atomic mass is 32.2. The molecule has 1 N–H and O–H groups in total. The molecular weight excluding hydrogens is 372 g/mol. The summed E-state index contributed by atoms with van der Waals surface area (Å²) in [4.78, 5) is 13.4. The topological polar surface area (TPSA) is 78.3 Å². The van der Waals surface area contributed by atoms with Gasteiger partial charge in [-0.2, -0.15) is 0 Å². The monoisotopic (exact) mass is 390 g/mol. The van der Waals surface area contributed by atoms with Gasteiger partial charge in [-0.15, -0.1) is 21.5 Å². The zero-order chi connectivity index (χ0) is 18.5. The van der Waals surface area contributed by atoms with Crippen LogP contribution in [0.3, 0.4) is 0 Å². The molecule has 0 spiro atoms. The van der Waals surface area contributed by atoms with E-state index in [1.807, 2.05) is 29.1 Å². The van der Waals surface area contributed by atoms with Gasteiger partial charge in [-0.05, 0) is 23.6 Å². The molecule has 136 valence electrons. The number of hydrogen-bond donors (Lipinski definition) is 1. The Labute approximate surface area is 159 Å². The van der Waals surface area contributed by atoms with Crippen molar-refractivity contribution in [3.63, 3.8) is 0 Å². The molecule has 0 atom stereocenters. The van der Waals surface area contributed by atoms with E-state index in [2.05, 4.69) is 15.5 Å². The van der Waals surface area contributed by atoms with E-state index in [1.165, 1.54) is 11.8 Å². The number of nitrogens with zero attached hydrogens (tertiary/aromatic N) is 3. The number of thioether (sulfide) groups is 1. The van der Waals surface area contributed by atoms with Crippen LogP contribution in [0.15, 0.2) is 40.9 Å². The highest BCUT2D eigenvalue weighted by Gasteiger charge is 2.14. The number of thiophene rings is 1. The first kappa shape index (κ1) is 18.3. The van der Waals surface area contributed by atoms with Gasteiger partial charge in [0.1, 0.15) is 11.5 Å². The quantitative estimate of drug-likeness (QED) is 0.624. The van der Waals surface area contributed by atoms with E-state index in [-0.39, 0.29) is 11.7 Å². The maximum atomic E-state index is 12.3. The second-order valence-corrected chi connectivity index (χ2v) is 7.14. The lowest BCUT2D eigenvalue weighted by Crippen LogP contribution is -2.15. The summed E-state index contributed by atoms with van der Waals surface area (Å²) in [6, 6.07) is 9.20. The smallest absolute Gasteiger partial charge is 0.234 e. The van der Waals surface area contributed by atoms with Crippen LogP contribution < -0.4 is 14.8 Å². The van der Waals surface area contributed by atoms with Crippen LogP contribution in [-0.4, -0.2) is 40.6 Å². The maximum absolute atomic E-state index is 12.3. The minimum atomic E-state index is -0.165. The molecule has 1 aromatic carbocycles. The molecule has 0 unspecified atom stereocenters. The molecule has 3 aromatic rings. The molecule has 9 heteroatoms. The first-order valence-electron chi connectivity index (χ1n) is 7.70. The molecule has 3 rings (SSSR count). The molecule has 0 aliphatic heterocycles. The summed E-state index contributed by atoms with van der Waals surface area (Å²) in [6.45, 7) is 0. The molecule has 0 radical (unpaired) electrons. The molecule has 2 heterocycles. The van der Waals surface area contributed by atoms with Crippen molar-refractivity contribution in [1.82, 2.24) is 14.8 Å². The Morgan fingerprint density at radius 2 is 2.12 bits per heavy atom. The fraction of sp³-hybridized carbons (Fsp3) is 0.235. The number of carbonyl (C=O) groups is 1. The van der Waals surface area contributed by atoms with E-state index in [9.17, 15) is 4.79 Å². The third-order valence-electron chi connectivity index (χ3n) is 3.59. The van der Waals surface area contributed by atoms with Crippen molar-refractivity contribution in [1.29, 1.82) is 0 Å². The van der Waals surface area contributed by atoms with Crippen molar-refractivity contribution in [2.45, 2.75) is 5.16 Å². The lowest BCUT2D eigenvalue weighted by atomic mass is 10.2. The number of ether oxygens (including phenoxy) is 2. The van der Waals surface area contributed by atoms with Crippen LogP contribution in [0.2, 0.25) is 0 Å². The van der Waals surface area contributed by atoms with Crippen LogP contribution in [0.5, 0.6) is 11.5 Å². The van der Waals surface area contributed by atoms with Crippen molar-refractivity contribution in [2.75, 3.05) is 25.3 Å². The van der Waals surface area contributed by atoms with Crippen LogP contribution in [0, 0.1) is 0 Å². The fourth-order valence-electron chi connectivity index (χ4n) is 2.29. The Morgan fingerprint density at radius 1 is 1.27 bits per heavy atom. The third-order valence-corrected chi connectivity index (χ3v) is 5.48. The van der Waals surface area contributed by atoms with Crippen molar-refractivity contribution in [2.24, 2.45) is 7.05 Å². The van der Waals surface area contributed by atoms with E-state index in [0.29, 0.717) is 22.3 Å². The van der Waals surface area contributed by atoms with E-state index in [0.717, 1.165) is 10.7 Å². The van der Waals surface area contributed by atoms with Crippen molar-refractivity contribution in [3.05, 3.63) is 35.7 Å². The lowest BCUT2D eigenvalue weighted by Gasteiger charge is -2.11. The standard InChI is InChI=1S/C17H18N4O3S2/c1-21-16(14-5-4-8-25-14)19-20-17(21)26-10-15(22)18-12-9-11(23-2)6-7-13(12)24-3/h4-9H,10H2,1-3H3,(H,18,22). The predicted octanol–water partition coefficient (Wildman–Crippen LogP) is 3.29. The van der Waals surface area contributed by atoms with Gasteiger partial charge in [0.25, 0.3) is 0 Å². The number of rotatable bonds is 7. The summed E-state index contributed by atoms with van der Waals surface area (Å²) in [5, 5.41) is 13.9. The Morgan fingerprint density at radius 3 is 2.81 bits per heavy atom. The molecule has 2 aromatic heterocycles. The summed E-state index contributed by atoms with van der Waals surface area (Å²) in [5.74, 6) is 2.04. The number of aromatic nitrogens is 3. The highest BCUT2D eigenvalue weighted by Crippen LogP contribution is 2.30. The second kappa shape index (κ2) is 8.24. The minimum absolute atomic E-state index is 0.165. The number of nitrogens with one attached hydrogen (secondary N) is 1. The number of amides is 1. The van der Waals surface area contributed by atoms with E-state index in [1.54, 1.807) is 43.8 Å². The van der Waals surface area contributed by atoms with Gasteiger partial charge in [0.05, 0.1) is 30.5 Å². The van der Waals surface area contributed by atoms with E-state index in [4.69, 9.17) is 9.47 Å². The van der Waals surface area contributed by atoms with Crippen molar-refractivity contribution in [3.8, 4) is 22.2 Å². The van der Waals surface area contributed by atoms with Gasteiger partial charge in [0.2, 0.25) is 5.91 Å². The molecule has 0 bridgehead atoms. The summed E-state index contributed by atoms with van der Waals surface area (Å²) >= 11 is 2.93. The Bertz CT molecular complexity index is 894. The molecule has 0 saturated heterocycles. The van der Waals surface area contributed by atoms with Gasteiger partial charge in [0, 0.05) is 13.1 Å². The summed E-state index contributed by atoms with van der Waals surface area (Å²) in [7, 11) is 5.01. The van der Waals surface area contributed by atoms with Crippen LogP contribution in [0.1, 0.15) is 0 Å². The lowest BCUT2D eigenvalue weighted by molar-refractivity contribution is -0.113. The molecule has 0 fully saturated rings. The largest absolute Gasteiger partial charge is 0.497 e. The summed E-state index contributed by atoms with van der Waals surface area (Å²) in [6.07, 6.45) is 0. The van der Waals surface area contributed by atoms with Crippen molar-refractivity contribution >= 4 is 34.7 Å². The molecule has 7 nitrogen and oxygen atoms in total. The number of hydrogen-bond acceptors (Lipinski definition) is 7. The van der Waals surface area contributed by atoms with Gasteiger partial charge in [-0.25, -0.2) is 0 Å². The number of benzene rings is 1. The van der Waals surface area contributed by atoms with Crippen molar-refractivity contribution < 1.29 is 14.3 Å². The number of carbonyl (C=O) groups excluding carboxylic acids is 1. The first-order chi connectivity index (χ1) is 12.6. The molecular formula is C17H18N4O3S2. The molecule has 0 aliphatic rings. The zero-order valence-corrected chi connectivity index (χ0v) is 16.2. The van der Waals surface area contributed by atoms with Gasteiger partial charge in [-0.3, -0.25) is 4.79 Å². The van der Waals surface area contributed by atoms with E-state index < -0.39 is 0 Å². The first-order valence-corrected chi connectivity index (χ1v) is 9.57. The van der Waals surface area contributed by atoms with Crippen LogP contribution in [-0.2, 0) is 11.8 Å². The summed E-state index contributed by atoms with van der Waals surface area (Å²) < 4.78 is 12.3. The van der Waals surface area contributed by atoms with Crippen LogP contribution in [0.25, 0.3) is 10.7 Å². The molecule has 0 aliphatic carbocycles.